The Morgan fingerprint density at radius 1 is 1.17 bits per heavy atom. The van der Waals surface area contributed by atoms with Crippen LogP contribution >= 0.6 is 11.8 Å². The lowest BCUT2D eigenvalue weighted by Gasteiger charge is -2.13. The molecule has 6 nitrogen and oxygen atoms in total. The summed E-state index contributed by atoms with van der Waals surface area (Å²) in [5.74, 6) is -0.695. The molecular weight excluding hydrogens is 314 g/mol. The maximum absolute atomic E-state index is 12.4. The van der Waals surface area contributed by atoms with Crippen LogP contribution in [0.1, 0.15) is 6.42 Å². The van der Waals surface area contributed by atoms with Crippen molar-refractivity contribution in [2.45, 2.75) is 11.7 Å². The van der Waals surface area contributed by atoms with Crippen LogP contribution in [0.5, 0.6) is 0 Å². The van der Waals surface area contributed by atoms with E-state index in [4.69, 9.17) is 0 Å². The standard InChI is InChI=1S/C16H13N3O3S/c20-14(18-11-5-4-8-17-10-11)9-13-15(21)19(16(22)23-13)12-6-2-1-3-7-12/h1-8,10,13H,9H2,(H,18,20)/t13-/m0/s1. The Morgan fingerprint density at radius 3 is 2.65 bits per heavy atom. The predicted molar refractivity (Wildman–Crippen MR) is 88.2 cm³/mol. The van der Waals surface area contributed by atoms with E-state index in [1.807, 2.05) is 0 Å². The Hall–Kier alpha value is -2.67. The van der Waals surface area contributed by atoms with Gasteiger partial charge in [-0.1, -0.05) is 18.2 Å². The number of para-hydroxylation sites is 1. The number of thioether (sulfide) groups is 1. The van der Waals surface area contributed by atoms with Gasteiger partial charge in [-0.15, -0.1) is 0 Å². The minimum absolute atomic E-state index is 0.0620. The zero-order valence-electron chi connectivity index (χ0n) is 12.0. The quantitative estimate of drug-likeness (QED) is 0.934. The van der Waals surface area contributed by atoms with Crippen LogP contribution in [-0.4, -0.2) is 27.3 Å². The Labute approximate surface area is 136 Å². The molecule has 1 aromatic heterocycles. The molecule has 2 aromatic rings. The number of aromatic nitrogens is 1. The second kappa shape index (κ2) is 6.62. The molecule has 1 fully saturated rings. The summed E-state index contributed by atoms with van der Waals surface area (Å²) < 4.78 is 0. The molecule has 116 valence electrons. The molecule has 0 radical (unpaired) electrons. The van der Waals surface area contributed by atoms with Gasteiger partial charge >= 0.3 is 0 Å². The smallest absolute Gasteiger partial charge is 0.293 e. The van der Waals surface area contributed by atoms with Gasteiger partial charge < -0.3 is 5.32 Å². The second-order valence-electron chi connectivity index (χ2n) is 4.88. The molecule has 0 aliphatic carbocycles. The first-order valence-corrected chi connectivity index (χ1v) is 7.82. The normalized spacial score (nSPS) is 17.4. The highest BCUT2D eigenvalue weighted by Crippen LogP contribution is 2.33. The third-order valence-electron chi connectivity index (χ3n) is 3.25. The first-order chi connectivity index (χ1) is 11.1. The fraction of sp³-hybridized carbons (Fsp3) is 0.125. The Morgan fingerprint density at radius 2 is 1.96 bits per heavy atom. The fourth-order valence-corrected chi connectivity index (χ4v) is 3.20. The van der Waals surface area contributed by atoms with E-state index in [1.165, 1.54) is 6.20 Å². The van der Waals surface area contributed by atoms with Crippen LogP contribution in [0.25, 0.3) is 0 Å². The summed E-state index contributed by atoms with van der Waals surface area (Å²) in [4.78, 5) is 41.5. The summed E-state index contributed by atoms with van der Waals surface area (Å²) in [6.07, 6.45) is 3.05. The first kappa shape index (κ1) is 15.2. The number of nitrogens with zero attached hydrogens (tertiary/aromatic N) is 2. The summed E-state index contributed by atoms with van der Waals surface area (Å²) in [6.45, 7) is 0. The summed E-state index contributed by atoms with van der Waals surface area (Å²) in [6, 6.07) is 12.1. The van der Waals surface area contributed by atoms with Gasteiger partial charge in [0.05, 0.1) is 17.6 Å². The molecule has 0 saturated carbocycles. The van der Waals surface area contributed by atoms with Gasteiger partial charge in [0.2, 0.25) is 11.8 Å². The van der Waals surface area contributed by atoms with Gasteiger partial charge in [-0.25, -0.2) is 4.90 Å². The number of anilines is 2. The number of carbonyl (C=O) groups excluding carboxylic acids is 3. The maximum atomic E-state index is 12.4. The van der Waals surface area contributed by atoms with Gasteiger partial charge in [-0.3, -0.25) is 19.4 Å². The van der Waals surface area contributed by atoms with Gasteiger partial charge in [0.15, 0.2) is 0 Å². The lowest BCUT2D eigenvalue weighted by Crippen LogP contribution is -2.32. The van der Waals surface area contributed by atoms with E-state index in [0.29, 0.717) is 11.4 Å². The largest absolute Gasteiger partial charge is 0.325 e. The molecule has 1 aromatic carbocycles. The van der Waals surface area contributed by atoms with Crippen molar-refractivity contribution in [2.24, 2.45) is 0 Å². The van der Waals surface area contributed by atoms with E-state index in [9.17, 15) is 14.4 Å². The van der Waals surface area contributed by atoms with Gasteiger partial charge in [0, 0.05) is 12.6 Å². The number of benzene rings is 1. The summed E-state index contributed by atoms with van der Waals surface area (Å²) in [7, 11) is 0. The average molecular weight is 327 g/mol. The lowest BCUT2D eigenvalue weighted by molar-refractivity contribution is -0.121. The monoisotopic (exact) mass is 327 g/mol. The zero-order valence-corrected chi connectivity index (χ0v) is 12.8. The third-order valence-corrected chi connectivity index (χ3v) is 4.29. The zero-order chi connectivity index (χ0) is 16.2. The topological polar surface area (TPSA) is 79.4 Å². The van der Waals surface area contributed by atoms with Crippen molar-refractivity contribution in [3.05, 3.63) is 54.9 Å². The van der Waals surface area contributed by atoms with E-state index in [0.717, 1.165) is 16.7 Å². The first-order valence-electron chi connectivity index (χ1n) is 6.94. The third kappa shape index (κ3) is 3.40. The van der Waals surface area contributed by atoms with E-state index in [2.05, 4.69) is 10.3 Å². The SMILES string of the molecule is O=C(C[C@@H]1SC(=O)N(c2ccccc2)C1=O)Nc1cccnc1. The van der Waals surface area contributed by atoms with Crippen LogP contribution in [0.3, 0.4) is 0 Å². The molecule has 3 amide bonds. The highest BCUT2D eigenvalue weighted by atomic mass is 32.2. The minimum atomic E-state index is -0.709. The predicted octanol–water partition coefficient (Wildman–Crippen LogP) is 2.68. The number of amides is 3. The summed E-state index contributed by atoms with van der Waals surface area (Å²) >= 11 is 0.876. The molecule has 23 heavy (non-hydrogen) atoms. The minimum Gasteiger partial charge on any atom is -0.325 e. The van der Waals surface area contributed by atoms with E-state index < -0.39 is 5.25 Å². The number of carbonyl (C=O) groups is 3. The summed E-state index contributed by atoms with van der Waals surface area (Å²) in [5.41, 5.74) is 1.07. The van der Waals surface area contributed by atoms with Gasteiger partial charge in [-0.05, 0) is 36.0 Å². The number of imide groups is 1. The molecule has 0 spiro atoms. The van der Waals surface area contributed by atoms with Crippen molar-refractivity contribution in [1.82, 2.24) is 4.98 Å². The molecule has 2 heterocycles. The maximum Gasteiger partial charge on any atom is 0.293 e. The van der Waals surface area contributed by atoms with Crippen molar-refractivity contribution < 1.29 is 14.4 Å². The highest BCUT2D eigenvalue weighted by molar-refractivity contribution is 8.15. The molecule has 7 heteroatoms. The van der Waals surface area contributed by atoms with Crippen molar-refractivity contribution in [3.63, 3.8) is 0 Å². The molecule has 1 atom stereocenters. The van der Waals surface area contributed by atoms with Crippen LogP contribution in [0, 0.1) is 0 Å². The van der Waals surface area contributed by atoms with Crippen molar-refractivity contribution in [3.8, 4) is 0 Å². The number of hydrogen-bond donors (Lipinski definition) is 1. The van der Waals surface area contributed by atoms with Gasteiger partial charge in [0.25, 0.3) is 5.24 Å². The molecule has 0 unspecified atom stereocenters. The Kier molecular flexibility index (Phi) is 4.38. The van der Waals surface area contributed by atoms with Gasteiger partial charge in [0.1, 0.15) is 5.25 Å². The number of rotatable bonds is 4. The summed E-state index contributed by atoms with van der Waals surface area (Å²) in [5, 5.41) is 1.59. The Balaban J connectivity index is 1.67. The average Bonchev–Trinajstić information content (AvgIpc) is 2.83. The molecule has 1 N–H and O–H groups in total. The molecule has 1 saturated heterocycles. The number of pyridine rings is 1. The second-order valence-corrected chi connectivity index (χ2v) is 6.03. The van der Waals surface area contributed by atoms with Crippen molar-refractivity contribution in [2.75, 3.05) is 10.2 Å². The van der Waals surface area contributed by atoms with Crippen molar-refractivity contribution >= 4 is 40.2 Å². The van der Waals surface area contributed by atoms with E-state index in [1.54, 1.807) is 48.7 Å². The van der Waals surface area contributed by atoms with Gasteiger partial charge in [-0.2, -0.15) is 0 Å². The molecule has 0 bridgehead atoms. The molecular formula is C16H13N3O3S. The van der Waals surface area contributed by atoms with Crippen LogP contribution in [0.4, 0.5) is 16.2 Å². The Bertz CT molecular complexity index is 737. The van der Waals surface area contributed by atoms with Crippen LogP contribution in [0.2, 0.25) is 0 Å². The van der Waals surface area contributed by atoms with Crippen molar-refractivity contribution in [1.29, 1.82) is 0 Å². The lowest BCUT2D eigenvalue weighted by atomic mass is 10.2. The van der Waals surface area contributed by atoms with E-state index in [-0.39, 0.29) is 23.5 Å². The van der Waals surface area contributed by atoms with Crippen LogP contribution < -0.4 is 10.2 Å². The van der Waals surface area contributed by atoms with E-state index >= 15 is 0 Å². The highest BCUT2D eigenvalue weighted by Gasteiger charge is 2.41. The number of hydrogen-bond acceptors (Lipinski definition) is 5. The fourth-order valence-electron chi connectivity index (χ4n) is 2.21. The molecule has 1 aliphatic rings. The molecule has 1 aliphatic heterocycles. The molecule has 3 rings (SSSR count). The van der Waals surface area contributed by atoms with Crippen LogP contribution in [0.15, 0.2) is 54.9 Å². The number of nitrogens with one attached hydrogen (secondary N) is 1. The van der Waals surface area contributed by atoms with Crippen LogP contribution in [-0.2, 0) is 9.59 Å².